The van der Waals surface area contributed by atoms with Gasteiger partial charge in [-0.05, 0) is 46.3 Å². The molecule has 0 atom stereocenters. The number of rotatable bonds is 3. The van der Waals surface area contributed by atoms with Crippen LogP contribution in [0, 0.1) is 5.82 Å². The van der Waals surface area contributed by atoms with Crippen LogP contribution in [-0.2, 0) is 4.74 Å². The van der Waals surface area contributed by atoms with E-state index in [1.54, 1.807) is 12.1 Å². The van der Waals surface area contributed by atoms with Crippen LogP contribution >= 0.6 is 15.9 Å². The SMILES string of the molecule is COC(=O)c1ccc(F)c(NC(=O)c2ncccc2Br)c1. The number of benzene rings is 1. The molecule has 7 heteroatoms. The molecule has 0 saturated heterocycles. The second-order valence-electron chi connectivity index (χ2n) is 3.97. The summed E-state index contributed by atoms with van der Waals surface area (Å²) in [5.74, 6) is -1.88. The van der Waals surface area contributed by atoms with Crippen LogP contribution in [0.1, 0.15) is 20.8 Å². The summed E-state index contributed by atoms with van der Waals surface area (Å²) < 4.78 is 18.7. The smallest absolute Gasteiger partial charge is 0.337 e. The number of carbonyl (C=O) groups excluding carboxylic acids is 2. The monoisotopic (exact) mass is 352 g/mol. The Morgan fingerprint density at radius 1 is 1.33 bits per heavy atom. The van der Waals surface area contributed by atoms with Gasteiger partial charge in [0.25, 0.3) is 5.91 Å². The molecular weight excluding hydrogens is 343 g/mol. The van der Waals surface area contributed by atoms with E-state index in [2.05, 4.69) is 31.0 Å². The Hall–Kier alpha value is -2.28. The molecule has 0 aliphatic heterocycles. The van der Waals surface area contributed by atoms with Crippen LogP contribution in [0.25, 0.3) is 0 Å². The summed E-state index contributed by atoms with van der Waals surface area (Å²) in [7, 11) is 1.22. The first-order chi connectivity index (χ1) is 10.0. The van der Waals surface area contributed by atoms with Crippen LogP contribution in [0.2, 0.25) is 0 Å². The molecule has 0 unspecified atom stereocenters. The van der Waals surface area contributed by atoms with Crippen LogP contribution in [0.15, 0.2) is 41.0 Å². The lowest BCUT2D eigenvalue weighted by Crippen LogP contribution is -2.16. The lowest BCUT2D eigenvalue weighted by atomic mass is 10.2. The fourth-order valence-corrected chi connectivity index (χ4v) is 2.04. The summed E-state index contributed by atoms with van der Waals surface area (Å²) in [4.78, 5) is 27.4. The van der Waals surface area contributed by atoms with Crippen molar-refractivity contribution in [3.8, 4) is 0 Å². The lowest BCUT2D eigenvalue weighted by molar-refractivity contribution is 0.0600. The summed E-state index contributed by atoms with van der Waals surface area (Å²) in [6.45, 7) is 0. The molecule has 2 rings (SSSR count). The van der Waals surface area contributed by atoms with E-state index in [-0.39, 0.29) is 16.9 Å². The largest absolute Gasteiger partial charge is 0.465 e. The topological polar surface area (TPSA) is 68.3 Å². The number of ether oxygens (including phenoxy) is 1. The maximum absolute atomic E-state index is 13.7. The van der Waals surface area contributed by atoms with Gasteiger partial charge in [-0.1, -0.05) is 0 Å². The van der Waals surface area contributed by atoms with Gasteiger partial charge in [-0.25, -0.2) is 14.2 Å². The second kappa shape index (κ2) is 6.45. The number of hydrogen-bond donors (Lipinski definition) is 1. The first-order valence-corrected chi connectivity index (χ1v) is 6.62. The van der Waals surface area contributed by atoms with Gasteiger partial charge in [0.15, 0.2) is 0 Å². The Labute approximate surface area is 128 Å². The summed E-state index contributed by atoms with van der Waals surface area (Å²) in [6.07, 6.45) is 1.45. The molecule has 0 saturated carbocycles. The highest BCUT2D eigenvalue weighted by Gasteiger charge is 2.15. The molecule has 0 spiro atoms. The molecule has 21 heavy (non-hydrogen) atoms. The van der Waals surface area contributed by atoms with Gasteiger partial charge in [0.1, 0.15) is 11.5 Å². The van der Waals surface area contributed by atoms with E-state index >= 15 is 0 Å². The molecule has 2 aromatic rings. The molecular formula is C14H10BrFN2O3. The number of halogens is 2. The van der Waals surface area contributed by atoms with Crippen LogP contribution in [0.4, 0.5) is 10.1 Å². The highest BCUT2D eigenvalue weighted by Crippen LogP contribution is 2.19. The Morgan fingerprint density at radius 2 is 2.10 bits per heavy atom. The van der Waals surface area contributed by atoms with Gasteiger partial charge < -0.3 is 10.1 Å². The third-order valence-electron chi connectivity index (χ3n) is 2.61. The molecule has 0 bridgehead atoms. The van der Waals surface area contributed by atoms with Crippen molar-refractivity contribution < 1.29 is 18.7 Å². The molecule has 0 fully saturated rings. The normalized spacial score (nSPS) is 10.0. The number of amides is 1. The Balaban J connectivity index is 2.29. The van der Waals surface area contributed by atoms with Crippen LogP contribution in [-0.4, -0.2) is 24.0 Å². The predicted molar refractivity (Wildman–Crippen MR) is 77.6 cm³/mol. The van der Waals surface area contributed by atoms with E-state index in [4.69, 9.17) is 0 Å². The molecule has 108 valence electrons. The number of hydrogen-bond acceptors (Lipinski definition) is 4. The van der Waals surface area contributed by atoms with Gasteiger partial charge in [-0.3, -0.25) is 4.79 Å². The number of esters is 1. The first kappa shape index (κ1) is 15.1. The maximum atomic E-state index is 13.7. The fraction of sp³-hybridized carbons (Fsp3) is 0.0714. The minimum Gasteiger partial charge on any atom is -0.465 e. The Morgan fingerprint density at radius 3 is 2.76 bits per heavy atom. The standard InChI is InChI=1S/C14H10BrFN2O3/c1-21-14(20)8-4-5-10(16)11(7-8)18-13(19)12-9(15)3-2-6-17-12/h2-7H,1H3,(H,18,19). The zero-order chi connectivity index (χ0) is 15.4. The summed E-state index contributed by atoms with van der Waals surface area (Å²) in [5, 5.41) is 2.37. The average Bonchev–Trinajstić information content (AvgIpc) is 2.49. The predicted octanol–water partition coefficient (Wildman–Crippen LogP) is 3.02. The van der Waals surface area contributed by atoms with E-state index in [0.717, 1.165) is 6.07 Å². The minimum atomic E-state index is -0.664. The van der Waals surface area contributed by atoms with Gasteiger partial charge in [0.2, 0.25) is 0 Å². The van der Waals surface area contributed by atoms with E-state index < -0.39 is 17.7 Å². The molecule has 1 amide bonds. The third kappa shape index (κ3) is 3.43. The van der Waals surface area contributed by atoms with Crippen molar-refractivity contribution in [2.75, 3.05) is 12.4 Å². The molecule has 0 radical (unpaired) electrons. The number of aromatic nitrogens is 1. The maximum Gasteiger partial charge on any atom is 0.337 e. The van der Waals surface area contributed by atoms with Crippen molar-refractivity contribution >= 4 is 33.5 Å². The van der Waals surface area contributed by atoms with Gasteiger partial charge >= 0.3 is 5.97 Å². The fourth-order valence-electron chi connectivity index (χ4n) is 1.60. The number of nitrogens with zero attached hydrogens (tertiary/aromatic N) is 1. The second-order valence-corrected chi connectivity index (χ2v) is 4.83. The number of methoxy groups -OCH3 is 1. The van der Waals surface area contributed by atoms with E-state index in [0.29, 0.717) is 4.47 Å². The number of pyridine rings is 1. The lowest BCUT2D eigenvalue weighted by Gasteiger charge is -2.08. The molecule has 5 nitrogen and oxygen atoms in total. The minimum absolute atomic E-state index is 0.111. The molecule has 0 aliphatic rings. The van der Waals surface area contributed by atoms with Crippen molar-refractivity contribution in [2.45, 2.75) is 0 Å². The summed E-state index contributed by atoms with van der Waals surface area (Å²) in [6, 6.07) is 6.85. The van der Waals surface area contributed by atoms with E-state index in [1.165, 1.54) is 25.4 Å². The molecule has 0 aliphatic carbocycles. The summed E-state index contributed by atoms with van der Waals surface area (Å²) >= 11 is 3.19. The van der Waals surface area contributed by atoms with Gasteiger partial charge in [0, 0.05) is 10.7 Å². The van der Waals surface area contributed by atoms with Crippen molar-refractivity contribution in [1.29, 1.82) is 0 Å². The quantitative estimate of drug-likeness (QED) is 0.862. The van der Waals surface area contributed by atoms with Gasteiger partial charge in [-0.15, -0.1) is 0 Å². The van der Waals surface area contributed by atoms with Gasteiger partial charge in [-0.2, -0.15) is 0 Å². The molecule has 1 heterocycles. The number of nitrogens with one attached hydrogen (secondary N) is 1. The number of anilines is 1. The van der Waals surface area contributed by atoms with E-state index in [9.17, 15) is 14.0 Å². The van der Waals surface area contributed by atoms with Crippen molar-refractivity contribution in [3.05, 3.63) is 58.1 Å². The Kier molecular flexibility index (Phi) is 4.64. The average molecular weight is 353 g/mol. The highest BCUT2D eigenvalue weighted by molar-refractivity contribution is 9.10. The van der Waals surface area contributed by atoms with Gasteiger partial charge in [0.05, 0.1) is 18.4 Å². The summed E-state index contributed by atoms with van der Waals surface area (Å²) in [5.41, 5.74) is 0.120. The van der Waals surface area contributed by atoms with Crippen molar-refractivity contribution in [1.82, 2.24) is 4.98 Å². The zero-order valence-electron chi connectivity index (χ0n) is 10.9. The Bertz CT molecular complexity index is 706. The van der Waals surface area contributed by atoms with Crippen molar-refractivity contribution in [2.24, 2.45) is 0 Å². The van der Waals surface area contributed by atoms with Crippen LogP contribution in [0.5, 0.6) is 0 Å². The first-order valence-electron chi connectivity index (χ1n) is 5.82. The van der Waals surface area contributed by atoms with Crippen LogP contribution in [0.3, 0.4) is 0 Å². The van der Waals surface area contributed by atoms with E-state index in [1.807, 2.05) is 0 Å². The molecule has 1 aromatic carbocycles. The van der Waals surface area contributed by atoms with Crippen LogP contribution < -0.4 is 5.32 Å². The third-order valence-corrected chi connectivity index (χ3v) is 3.25. The molecule has 1 N–H and O–H groups in total. The van der Waals surface area contributed by atoms with Crippen molar-refractivity contribution in [3.63, 3.8) is 0 Å². The number of carbonyl (C=O) groups is 2. The zero-order valence-corrected chi connectivity index (χ0v) is 12.5. The molecule has 1 aromatic heterocycles. The highest BCUT2D eigenvalue weighted by atomic mass is 79.9.